The molecule has 32 heavy (non-hydrogen) atoms. The minimum atomic E-state index is -3.77. The van der Waals surface area contributed by atoms with Crippen LogP contribution in [0.5, 0.6) is 11.5 Å². The number of hydrogen-bond acceptors (Lipinski definition) is 6. The van der Waals surface area contributed by atoms with Gasteiger partial charge in [0.1, 0.15) is 19.3 Å². The first kappa shape index (κ1) is 21.9. The van der Waals surface area contributed by atoms with E-state index in [2.05, 4.69) is 5.32 Å². The molecule has 1 saturated heterocycles. The molecule has 0 spiro atoms. The number of benzene rings is 2. The molecular weight excluding hydrogens is 434 g/mol. The van der Waals surface area contributed by atoms with Crippen molar-refractivity contribution in [2.75, 3.05) is 40.5 Å². The van der Waals surface area contributed by atoms with Gasteiger partial charge in [-0.05, 0) is 49.7 Å². The van der Waals surface area contributed by atoms with Gasteiger partial charge in [-0.15, -0.1) is 0 Å². The first-order chi connectivity index (χ1) is 15.2. The highest BCUT2D eigenvalue weighted by Gasteiger charge is 2.30. The number of nitrogens with zero attached hydrogens (tertiary/aromatic N) is 2. The molecule has 2 aromatic carbocycles. The lowest BCUT2D eigenvalue weighted by molar-refractivity contribution is -0.117. The summed E-state index contributed by atoms with van der Waals surface area (Å²) in [5, 5.41) is 2.75. The molecular formula is C22H25N3O6S. The van der Waals surface area contributed by atoms with E-state index in [4.69, 9.17) is 9.47 Å². The fraction of sp³-hybridized carbons (Fsp3) is 0.364. The second kappa shape index (κ2) is 8.70. The number of rotatable bonds is 6. The van der Waals surface area contributed by atoms with Gasteiger partial charge in [0, 0.05) is 30.4 Å². The lowest BCUT2D eigenvalue weighted by atomic mass is 10.2. The number of carbonyl (C=O) groups excluding carboxylic acids is 2. The molecule has 1 N–H and O–H groups in total. The normalized spacial score (nSPS) is 16.6. The van der Waals surface area contributed by atoms with Gasteiger partial charge in [-0.25, -0.2) is 8.42 Å². The van der Waals surface area contributed by atoms with Crippen LogP contribution in [0.2, 0.25) is 0 Å². The van der Waals surface area contributed by atoms with Crippen LogP contribution >= 0.6 is 0 Å². The van der Waals surface area contributed by atoms with E-state index in [1.165, 1.54) is 6.92 Å². The van der Waals surface area contributed by atoms with Crippen molar-refractivity contribution >= 4 is 38.9 Å². The fourth-order valence-corrected chi connectivity index (χ4v) is 5.04. The van der Waals surface area contributed by atoms with Crippen LogP contribution in [0.4, 0.5) is 17.1 Å². The monoisotopic (exact) mass is 459 g/mol. The molecule has 2 amide bonds. The van der Waals surface area contributed by atoms with Crippen molar-refractivity contribution in [3.63, 3.8) is 0 Å². The zero-order valence-electron chi connectivity index (χ0n) is 17.9. The molecule has 0 saturated carbocycles. The van der Waals surface area contributed by atoms with E-state index >= 15 is 0 Å². The second-order valence-corrected chi connectivity index (χ2v) is 9.61. The number of anilines is 3. The van der Waals surface area contributed by atoms with Crippen LogP contribution in [0, 0.1) is 0 Å². The molecule has 0 aliphatic carbocycles. The molecule has 9 nitrogen and oxygen atoms in total. The Morgan fingerprint density at radius 1 is 1.09 bits per heavy atom. The zero-order valence-corrected chi connectivity index (χ0v) is 18.7. The van der Waals surface area contributed by atoms with Gasteiger partial charge in [0.15, 0.2) is 11.5 Å². The smallest absolute Gasteiger partial charge is 0.247 e. The van der Waals surface area contributed by atoms with Crippen LogP contribution in [0.3, 0.4) is 0 Å². The Morgan fingerprint density at radius 3 is 2.41 bits per heavy atom. The minimum absolute atomic E-state index is 0.0821. The summed E-state index contributed by atoms with van der Waals surface area (Å²) in [6.45, 7) is 2.99. The minimum Gasteiger partial charge on any atom is -0.486 e. The molecule has 1 atom stereocenters. The third-order valence-electron chi connectivity index (χ3n) is 5.39. The van der Waals surface area contributed by atoms with Crippen LogP contribution in [0.25, 0.3) is 0 Å². The van der Waals surface area contributed by atoms with Gasteiger partial charge in [0.25, 0.3) is 0 Å². The van der Waals surface area contributed by atoms with E-state index in [0.717, 1.165) is 22.7 Å². The van der Waals surface area contributed by atoms with E-state index in [0.29, 0.717) is 49.1 Å². The summed E-state index contributed by atoms with van der Waals surface area (Å²) >= 11 is 0. The predicted molar refractivity (Wildman–Crippen MR) is 121 cm³/mol. The zero-order chi connectivity index (χ0) is 22.9. The molecule has 10 heteroatoms. The maximum Gasteiger partial charge on any atom is 0.247 e. The van der Waals surface area contributed by atoms with Crippen molar-refractivity contribution in [3.05, 3.63) is 42.5 Å². The highest BCUT2D eigenvalue weighted by Crippen LogP contribution is 2.35. The number of nitrogens with one attached hydrogen (secondary N) is 1. The second-order valence-electron chi connectivity index (χ2n) is 7.75. The van der Waals surface area contributed by atoms with Gasteiger partial charge in [-0.3, -0.25) is 13.9 Å². The lowest BCUT2D eigenvalue weighted by Gasteiger charge is -2.29. The Balaban J connectivity index is 1.52. The molecule has 4 rings (SSSR count). The van der Waals surface area contributed by atoms with Crippen LogP contribution in [0.1, 0.15) is 19.8 Å². The Kier molecular flexibility index (Phi) is 5.96. The molecule has 2 heterocycles. The van der Waals surface area contributed by atoms with Crippen LogP contribution < -0.4 is 24.0 Å². The average Bonchev–Trinajstić information content (AvgIpc) is 3.19. The first-order valence-corrected chi connectivity index (χ1v) is 12.2. The maximum absolute atomic E-state index is 12.9. The highest BCUT2D eigenvalue weighted by molar-refractivity contribution is 7.92. The van der Waals surface area contributed by atoms with Crippen molar-refractivity contribution in [1.29, 1.82) is 0 Å². The van der Waals surface area contributed by atoms with E-state index in [9.17, 15) is 18.0 Å². The largest absolute Gasteiger partial charge is 0.486 e. The molecule has 0 radical (unpaired) electrons. The third-order valence-corrected chi connectivity index (χ3v) is 6.63. The van der Waals surface area contributed by atoms with Crippen molar-refractivity contribution in [1.82, 2.24) is 0 Å². The van der Waals surface area contributed by atoms with Gasteiger partial charge < -0.3 is 19.7 Å². The van der Waals surface area contributed by atoms with Crippen LogP contribution in [0.15, 0.2) is 42.5 Å². The SMILES string of the molecule is C[C@H](C(=O)Nc1ccc(N2CCCC2=O)cc1)N(c1ccc2c(c1)OCCO2)S(C)(=O)=O. The first-order valence-electron chi connectivity index (χ1n) is 10.3. The fourth-order valence-electron chi connectivity index (χ4n) is 3.87. The average molecular weight is 460 g/mol. The van der Waals surface area contributed by atoms with Gasteiger partial charge in [0.2, 0.25) is 21.8 Å². The molecule has 170 valence electrons. The summed E-state index contributed by atoms with van der Waals surface area (Å²) in [4.78, 5) is 26.5. The van der Waals surface area contributed by atoms with E-state index in [-0.39, 0.29) is 5.91 Å². The van der Waals surface area contributed by atoms with Crippen LogP contribution in [-0.4, -0.2) is 52.3 Å². The van der Waals surface area contributed by atoms with Crippen molar-refractivity contribution in [2.24, 2.45) is 0 Å². The summed E-state index contributed by atoms with van der Waals surface area (Å²) in [5.74, 6) is 0.554. The van der Waals surface area contributed by atoms with Gasteiger partial charge in [-0.1, -0.05) is 0 Å². The van der Waals surface area contributed by atoms with Gasteiger partial charge in [0.05, 0.1) is 11.9 Å². The molecule has 1 fully saturated rings. The molecule has 0 aromatic heterocycles. The number of hydrogen-bond donors (Lipinski definition) is 1. The van der Waals surface area contributed by atoms with Gasteiger partial charge >= 0.3 is 0 Å². The summed E-state index contributed by atoms with van der Waals surface area (Å²) < 4.78 is 37.2. The Bertz CT molecular complexity index is 1130. The summed E-state index contributed by atoms with van der Waals surface area (Å²) in [6, 6.07) is 10.7. The maximum atomic E-state index is 12.9. The molecule has 2 aliphatic rings. The molecule has 2 aromatic rings. The Labute approximate surface area is 187 Å². The lowest BCUT2D eigenvalue weighted by Crippen LogP contribution is -2.45. The number of fused-ring (bicyclic) bond motifs is 1. The Hall–Kier alpha value is -3.27. The molecule has 0 bridgehead atoms. The standard InChI is InChI=1S/C22H25N3O6S/c1-15(22(27)23-16-5-7-17(8-6-16)24-11-3-4-21(24)26)25(32(2,28)29)18-9-10-19-20(14-18)31-13-12-30-19/h5-10,14-15H,3-4,11-13H2,1-2H3,(H,23,27)/t15-/m1/s1. The third kappa shape index (κ3) is 4.50. The molecule has 0 unspecified atom stereocenters. The van der Waals surface area contributed by atoms with E-state index < -0.39 is 22.0 Å². The van der Waals surface area contributed by atoms with E-state index in [1.807, 2.05) is 0 Å². The summed E-state index contributed by atoms with van der Waals surface area (Å²) in [7, 11) is -3.77. The predicted octanol–water partition coefficient (Wildman–Crippen LogP) is 2.38. The Morgan fingerprint density at radius 2 is 1.78 bits per heavy atom. The molecule has 2 aliphatic heterocycles. The van der Waals surface area contributed by atoms with Crippen molar-refractivity contribution in [2.45, 2.75) is 25.8 Å². The van der Waals surface area contributed by atoms with Gasteiger partial charge in [-0.2, -0.15) is 0 Å². The van der Waals surface area contributed by atoms with Crippen molar-refractivity contribution < 1.29 is 27.5 Å². The number of sulfonamides is 1. The van der Waals surface area contributed by atoms with Crippen LogP contribution in [-0.2, 0) is 19.6 Å². The topological polar surface area (TPSA) is 105 Å². The number of carbonyl (C=O) groups is 2. The summed E-state index contributed by atoms with van der Waals surface area (Å²) in [6.07, 6.45) is 2.42. The van der Waals surface area contributed by atoms with E-state index in [1.54, 1.807) is 47.4 Å². The summed E-state index contributed by atoms with van der Waals surface area (Å²) in [5.41, 5.74) is 1.59. The highest BCUT2D eigenvalue weighted by atomic mass is 32.2. The number of ether oxygens (including phenoxy) is 2. The quantitative estimate of drug-likeness (QED) is 0.711. The van der Waals surface area contributed by atoms with Crippen molar-refractivity contribution in [3.8, 4) is 11.5 Å². The number of amides is 2.